The molecule has 1 saturated carbocycles. The fourth-order valence-electron chi connectivity index (χ4n) is 3.95. The summed E-state index contributed by atoms with van der Waals surface area (Å²) in [6.07, 6.45) is 3.94. The highest BCUT2D eigenvalue weighted by molar-refractivity contribution is 6.36. The average molecular weight is 524 g/mol. The van der Waals surface area contributed by atoms with E-state index in [0.29, 0.717) is 15.6 Å². The van der Waals surface area contributed by atoms with Crippen molar-refractivity contribution in [1.29, 1.82) is 0 Å². The van der Waals surface area contributed by atoms with Crippen molar-refractivity contribution in [3.63, 3.8) is 0 Å². The van der Waals surface area contributed by atoms with Crippen LogP contribution >= 0.6 is 23.2 Å². The highest BCUT2D eigenvalue weighted by Crippen LogP contribution is 2.31. The van der Waals surface area contributed by atoms with E-state index in [1.165, 1.54) is 30.2 Å². The van der Waals surface area contributed by atoms with Gasteiger partial charge in [-0.15, -0.1) is 0 Å². The number of nitro benzene ring substituents is 1. The van der Waals surface area contributed by atoms with Crippen LogP contribution < -0.4 is 14.8 Å². The molecule has 1 fully saturated rings. The Morgan fingerprint density at radius 3 is 2.46 bits per heavy atom. The molecule has 0 radical (unpaired) electrons. The van der Waals surface area contributed by atoms with Gasteiger partial charge >= 0.3 is 5.69 Å². The fraction of sp³-hybridized carbons (Fsp3) is 0.417. The Balaban J connectivity index is 1.78. The molecule has 0 heterocycles. The molecule has 0 saturated heterocycles. The van der Waals surface area contributed by atoms with Crippen LogP contribution in [0.25, 0.3) is 0 Å². The molecule has 0 aliphatic heterocycles. The first-order valence-corrected chi connectivity index (χ1v) is 11.9. The van der Waals surface area contributed by atoms with Crippen molar-refractivity contribution in [2.45, 2.75) is 51.2 Å². The zero-order valence-corrected chi connectivity index (χ0v) is 21.0. The SMILES string of the molecule is COc1cc(OCC(=O)N(Cc2c(Cl)cccc2Cl)[C@H](C)C(=O)NC2CCCC2)ccc1[N+](=O)[O-]. The summed E-state index contributed by atoms with van der Waals surface area (Å²) >= 11 is 12.6. The van der Waals surface area contributed by atoms with Gasteiger partial charge in [0, 0.05) is 40.3 Å². The summed E-state index contributed by atoms with van der Waals surface area (Å²) in [7, 11) is 1.30. The van der Waals surface area contributed by atoms with Crippen molar-refractivity contribution < 1.29 is 24.0 Å². The molecular weight excluding hydrogens is 497 g/mol. The number of hydrogen-bond donors (Lipinski definition) is 1. The molecule has 1 atom stereocenters. The van der Waals surface area contributed by atoms with Crippen LogP contribution in [0.5, 0.6) is 11.5 Å². The largest absolute Gasteiger partial charge is 0.490 e. The van der Waals surface area contributed by atoms with E-state index in [-0.39, 0.29) is 35.7 Å². The number of nitro groups is 1. The van der Waals surface area contributed by atoms with E-state index in [2.05, 4.69) is 5.32 Å². The highest BCUT2D eigenvalue weighted by atomic mass is 35.5. The van der Waals surface area contributed by atoms with Gasteiger partial charge in [-0.25, -0.2) is 0 Å². The average Bonchev–Trinajstić information content (AvgIpc) is 3.34. The normalized spacial score (nSPS) is 14.3. The summed E-state index contributed by atoms with van der Waals surface area (Å²) in [6, 6.07) is 8.23. The van der Waals surface area contributed by atoms with Gasteiger partial charge < -0.3 is 19.7 Å². The lowest BCUT2D eigenvalue weighted by Crippen LogP contribution is -2.50. The lowest BCUT2D eigenvalue weighted by Gasteiger charge is -2.30. The van der Waals surface area contributed by atoms with E-state index >= 15 is 0 Å². The summed E-state index contributed by atoms with van der Waals surface area (Å²) in [5.41, 5.74) is 0.292. The monoisotopic (exact) mass is 523 g/mol. The summed E-state index contributed by atoms with van der Waals surface area (Å²) < 4.78 is 10.6. The van der Waals surface area contributed by atoms with Gasteiger partial charge in [-0.2, -0.15) is 0 Å². The molecule has 11 heteroatoms. The van der Waals surface area contributed by atoms with Gasteiger partial charge in [0.2, 0.25) is 11.7 Å². The minimum absolute atomic E-state index is 0.00351. The summed E-state index contributed by atoms with van der Waals surface area (Å²) in [4.78, 5) is 38.1. The van der Waals surface area contributed by atoms with Crippen LogP contribution in [0.2, 0.25) is 10.0 Å². The van der Waals surface area contributed by atoms with E-state index in [9.17, 15) is 19.7 Å². The number of benzene rings is 2. The van der Waals surface area contributed by atoms with Gasteiger partial charge in [0.05, 0.1) is 12.0 Å². The first kappa shape index (κ1) is 26.6. The Kier molecular flexibility index (Phi) is 9.17. The summed E-state index contributed by atoms with van der Waals surface area (Å²) in [5.74, 6) is -0.540. The molecule has 9 nitrogen and oxygen atoms in total. The second-order valence-electron chi connectivity index (χ2n) is 8.27. The minimum Gasteiger partial charge on any atom is -0.490 e. The van der Waals surface area contributed by atoms with Crippen LogP contribution in [-0.2, 0) is 16.1 Å². The van der Waals surface area contributed by atoms with Gasteiger partial charge in [-0.05, 0) is 38.0 Å². The maximum Gasteiger partial charge on any atom is 0.311 e. The summed E-state index contributed by atoms with van der Waals surface area (Å²) in [5, 5.41) is 14.9. The number of halogens is 2. The standard InChI is InChI=1S/C24H27Cl2N3O6/c1-15(24(31)27-16-6-3-4-7-16)28(13-18-19(25)8-5-9-20(18)26)23(30)14-35-17-10-11-21(29(32)33)22(12-17)34-2/h5,8-12,15-16H,3-4,6-7,13-14H2,1-2H3,(H,27,31)/t15-/m1/s1. The molecule has 1 N–H and O–H groups in total. The molecule has 2 aromatic rings. The molecule has 0 unspecified atom stereocenters. The van der Waals surface area contributed by atoms with Crippen LogP contribution in [0.15, 0.2) is 36.4 Å². The number of carbonyl (C=O) groups is 2. The molecule has 3 rings (SSSR count). The molecule has 0 spiro atoms. The van der Waals surface area contributed by atoms with E-state index in [1.807, 2.05) is 0 Å². The number of carbonyl (C=O) groups excluding carboxylic acids is 2. The van der Waals surface area contributed by atoms with Crippen LogP contribution in [0.3, 0.4) is 0 Å². The Bertz CT molecular complexity index is 1070. The van der Waals surface area contributed by atoms with Gasteiger partial charge in [0.1, 0.15) is 11.8 Å². The highest BCUT2D eigenvalue weighted by Gasteiger charge is 2.30. The zero-order valence-electron chi connectivity index (χ0n) is 19.5. The van der Waals surface area contributed by atoms with E-state index in [0.717, 1.165) is 25.7 Å². The van der Waals surface area contributed by atoms with Crippen LogP contribution in [-0.4, -0.2) is 47.4 Å². The third-order valence-electron chi connectivity index (χ3n) is 5.97. The van der Waals surface area contributed by atoms with Gasteiger partial charge in [0.25, 0.3) is 5.91 Å². The number of amides is 2. The number of ether oxygens (including phenoxy) is 2. The molecule has 2 amide bonds. The Morgan fingerprint density at radius 2 is 1.86 bits per heavy atom. The first-order valence-electron chi connectivity index (χ1n) is 11.2. The van der Waals surface area contributed by atoms with Gasteiger partial charge in [0.15, 0.2) is 6.61 Å². The number of nitrogens with zero attached hydrogens (tertiary/aromatic N) is 2. The predicted molar refractivity (Wildman–Crippen MR) is 132 cm³/mol. The van der Waals surface area contributed by atoms with Crippen molar-refractivity contribution in [3.8, 4) is 11.5 Å². The Labute approximate surface area is 213 Å². The van der Waals surface area contributed by atoms with Crippen LogP contribution in [0.1, 0.15) is 38.2 Å². The lowest BCUT2D eigenvalue weighted by atomic mass is 10.1. The Morgan fingerprint density at radius 1 is 1.20 bits per heavy atom. The molecular formula is C24H27Cl2N3O6. The number of nitrogens with one attached hydrogen (secondary N) is 1. The molecule has 35 heavy (non-hydrogen) atoms. The smallest absolute Gasteiger partial charge is 0.311 e. The molecule has 1 aliphatic rings. The van der Waals surface area contributed by atoms with Gasteiger partial charge in [-0.1, -0.05) is 42.1 Å². The van der Waals surface area contributed by atoms with Crippen molar-refractivity contribution >= 4 is 40.7 Å². The second-order valence-corrected chi connectivity index (χ2v) is 9.08. The molecule has 188 valence electrons. The molecule has 0 aromatic heterocycles. The fourth-order valence-corrected chi connectivity index (χ4v) is 4.47. The van der Waals surface area contributed by atoms with Crippen molar-refractivity contribution in [3.05, 3.63) is 62.1 Å². The lowest BCUT2D eigenvalue weighted by molar-refractivity contribution is -0.385. The van der Waals surface area contributed by atoms with Crippen molar-refractivity contribution in [2.75, 3.05) is 13.7 Å². The first-order chi connectivity index (χ1) is 16.7. The zero-order chi connectivity index (χ0) is 25.5. The third-order valence-corrected chi connectivity index (χ3v) is 6.68. The quantitative estimate of drug-likeness (QED) is 0.354. The Hall–Kier alpha value is -3.04. The number of hydrogen-bond acceptors (Lipinski definition) is 6. The van der Waals surface area contributed by atoms with E-state index in [1.54, 1.807) is 25.1 Å². The molecule has 1 aliphatic carbocycles. The van der Waals surface area contributed by atoms with Crippen LogP contribution in [0, 0.1) is 10.1 Å². The second kappa shape index (κ2) is 12.1. The minimum atomic E-state index is -0.814. The maximum absolute atomic E-state index is 13.3. The number of rotatable bonds is 10. The third kappa shape index (κ3) is 6.76. The van der Waals surface area contributed by atoms with Crippen molar-refractivity contribution in [1.82, 2.24) is 10.2 Å². The predicted octanol–water partition coefficient (Wildman–Crippen LogP) is 4.77. The molecule has 2 aromatic carbocycles. The summed E-state index contributed by atoms with van der Waals surface area (Å²) in [6.45, 7) is 1.23. The van der Waals surface area contributed by atoms with Gasteiger partial charge in [-0.3, -0.25) is 19.7 Å². The maximum atomic E-state index is 13.3. The van der Waals surface area contributed by atoms with E-state index < -0.39 is 23.5 Å². The number of methoxy groups -OCH3 is 1. The van der Waals surface area contributed by atoms with Crippen molar-refractivity contribution in [2.24, 2.45) is 0 Å². The topological polar surface area (TPSA) is 111 Å². The van der Waals surface area contributed by atoms with Crippen LogP contribution in [0.4, 0.5) is 5.69 Å². The molecule has 0 bridgehead atoms. The van der Waals surface area contributed by atoms with E-state index in [4.69, 9.17) is 32.7 Å².